The Morgan fingerprint density at radius 1 is 1.40 bits per heavy atom. The molecule has 1 amide bonds. The van der Waals surface area contributed by atoms with Gasteiger partial charge in [-0.25, -0.2) is 8.42 Å². The summed E-state index contributed by atoms with van der Waals surface area (Å²) in [5.41, 5.74) is -0.920. The first kappa shape index (κ1) is 16.7. The Labute approximate surface area is 124 Å². The van der Waals surface area contributed by atoms with Gasteiger partial charge >= 0.3 is 0 Å². The molecule has 7 nitrogen and oxygen atoms in total. The number of nitro benzene ring substituents is 1. The number of halogens is 2. The third-order valence-electron chi connectivity index (χ3n) is 2.16. The van der Waals surface area contributed by atoms with Crippen LogP contribution in [0.3, 0.4) is 0 Å². The molecule has 1 rings (SSSR count). The molecule has 0 aromatic heterocycles. The van der Waals surface area contributed by atoms with E-state index in [1.54, 1.807) is 13.8 Å². The predicted molar refractivity (Wildman–Crippen MR) is 73.7 cm³/mol. The predicted octanol–water partition coefficient (Wildman–Crippen LogP) is 2.31. The lowest BCUT2D eigenvalue weighted by Crippen LogP contribution is -2.30. The highest BCUT2D eigenvalue weighted by Gasteiger charge is 2.26. The molecular weight excluding hydrogens is 331 g/mol. The molecule has 0 fully saturated rings. The fourth-order valence-corrected chi connectivity index (χ4v) is 2.94. The topological polar surface area (TPSA) is 106 Å². The van der Waals surface area contributed by atoms with Gasteiger partial charge in [0.2, 0.25) is 0 Å². The molecule has 0 atom stereocenters. The van der Waals surface area contributed by atoms with Crippen LogP contribution in [-0.4, -0.2) is 25.3 Å². The number of hydrogen-bond donors (Lipinski definition) is 1. The molecular formula is C10H10Cl2N2O5S. The Hall–Kier alpha value is -1.38. The Bertz CT molecular complexity index is 672. The minimum absolute atomic E-state index is 0.256. The molecule has 0 unspecified atom stereocenters. The molecule has 20 heavy (non-hydrogen) atoms. The molecule has 0 aliphatic heterocycles. The molecule has 1 N–H and O–H groups in total. The van der Waals surface area contributed by atoms with E-state index < -0.39 is 35.5 Å². The van der Waals surface area contributed by atoms with Crippen molar-refractivity contribution < 1.29 is 18.1 Å². The van der Waals surface area contributed by atoms with Gasteiger partial charge in [-0.1, -0.05) is 11.6 Å². The third-order valence-corrected chi connectivity index (χ3v) is 4.03. The van der Waals surface area contributed by atoms with Gasteiger partial charge in [-0.05, 0) is 13.8 Å². The molecule has 1 aromatic rings. The van der Waals surface area contributed by atoms with Crippen LogP contribution in [0.25, 0.3) is 0 Å². The van der Waals surface area contributed by atoms with Gasteiger partial charge in [-0.15, -0.1) is 0 Å². The summed E-state index contributed by atoms with van der Waals surface area (Å²) in [5.74, 6) is -0.727. The highest BCUT2D eigenvalue weighted by molar-refractivity contribution is 8.13. The number of hydrogen-bond acceptors (Lipinski definition) is 5. The van der Waals surface area contributed by atoms with Crippen molar-refractivity contribution in [1.29, 1.82) is 0 Å². The number of nitrogens with one attached hydrogen (secondary N) is 1. The highest BCUT2D eigenvalue weighted by Crippen LogP contribution is 2.32. The van der Waals surface area contributed by atoms with E-state index in [1.165, 1.54) is 0 Å². The second-order valence-corrected chi connectivity index (χ2v) is 7.04. The molecule has 0 bridgehead atoms. The van der Waals surface area contributed by atoms with Crippen molar-refractivity contribution in [2.45, 2.75) is 24.8 Å². The van der Waals surface area contributed by atoms with E-state index in [4.69, 9.17) is 22.3 Å². The summed E-state index contributed by atoms with van der Waals surface area (Å²) in [7, 11) is 0.838. The number of nitrogens with zero attached hydrogens (tertiary/aromatic N) is 1. The van der Waals surface area contributed by atoms with Crippen molar-refractivity contribution in [2.24, 2.45) is 0 Å². The Morgan fingerprint density at radius 3 is 2.35 bits per heavy atom. The second-order valence-electron chi connectivity index (χ2n) is 4.13. The minimum Gasteiger partial charge on any atom is -0.350 e. The molecule has 0 saturated heterocycles. The van der Waals surface area contributed by atoms with Crippen LogP contribution in [0.15, 0.2) is 17.0 Å². The van der Waals surface area contributed by atoms with E-state index in [0.717, 1.165) is 6.07 Å². The first-order valence-electron chi connectivity index (χ1n) is 5.27. The van der Waals surface area contributed by atoms with Gasteiger partial charge in [-0.3, -0.25) is 14.9 Å². The van der Waals surface area contributed by atoms with E-state index in [1.807, 2.05) is 0 Å². The van der Waals surface area contributed by atoms with Gasteiger partial charge in [0.1, 0.15) is 4.90 Å². The van der Waals surface area contributed by atoms with Crippen molar-refractivity contribution in [1.82, 2.24) is 5.32 Å². The summed E-state index contributed by atoms with van der Waals surface area (Å²) in [6, 6.07) is 1.34. The number of non-ortho nitro benzene ring substituents is 1. The van der Waals surface area contributed by atoms with E-state index in [2.05, 4.69) is 5.32 Å². The molecule has 110 valence electrons. The molecule has 0 aliphatic carbocycles. The average Bonchev–Trinajstić information content (AvgIpc) is 2.25. The summed E-state index contributed by atoms with van der Waals surface area (Å²) < 4.78 is 22.7. The van der Waals surface area contributed by atoms with Crippen molar-refractivity contribution >= 4 is 42.9 Å². The molecule has 0 saturated carbocycles. The van der Waals surface area contributed by atoms with Crippen LogP contribution in [0.1, 0.15) is 24.2 Å². The van der Waals surface area contributed by atoms with Crippen LogP contribution in [0.2, 0.25) is 5.02 Å². The number of carbonyl (C=O) groups is 1. The Balaban J connectivity index is 3.56. The number of rotatable bonds is 4. The fraction of sp³-hybridized carbons (Fsp3) is 0.300. The van der Waals surface area contributed by atoms with Gasteiger partial charge in [0.05, 0.1) is 15.5 Å². The van der Waals surface area contributed by atoms with Crippen molar-refractivity contribution in [3.8, 4) is 0 Å². The lowest BCUT2D eigenvalue weighted by atomic mass is 10.1. The van der Waals surface area contributed by atoms with E-state index in [-0.39, 0.29) is 11.6 Å². The average molecular weight is 341 g/mol. The Kier molecular flexibility index (Phi) is 4.95. The van der Waals surface area contributed by atoms with Crippen molar-refractivity contribution in [3.63, 3.8) is 0 Å². The number of benzene rings is 1. The molecule has 10 heteroatoms. The van der Waals surface area contributed by atoms with Crippen molar-refractivity contribution in [3.05, 3.63) is 32.8 Å². The van der Waals surface area contributed by atoms with Gasteiger partial charge in [0, 0.05) is 28.9 Å². The van der Waals surface area contributed by atoms with Crippen LogP contribution in [0.5, 0.6) is 0 Å². The number of nitro groups is 1. The standard InChI is InChI=1S/C10H10Cl2N2O5S/c1-5(2)13-10(15)7-3-6(14(16)17)4-8(9(7)11)20(12,18)19/h3-5H,1-2H3,(H,13,15). The third kappa shape index (κ3) is 3.81. The fourth-order valence-electron chi connectivity index (χ4n) is 1.37. The summed E-state index contributed by atoms with van der Waals surface area (Å²) >= 11 is 5.80. The van der Waals surface area contributed by atoms with Crippen LogP contribution in [0.4, 0.5) is 5.69 Å². The lowest BCUT2D eigenvalue weighted by Gasteiger charge is -2.11. The Morgan fingerprint density at radius 2 is 1.95 bits per heavy atom. The molecule has 0 spiro atoms. The van der Waals surface area contributed by atoms with Crippen LogP contribution >= 0.6 is 22.3 Å². The quantitative estimate of drug-likeness (QED) is 0.514. The lowest BCUT2D eigenvalue weighted by molar-refractivity contribution is -0.385. The van der Waals surface area contributed by atoms with E-state index in [9.17, 15) is 23.3 Å². The van der Waals surface area contributed by atoms with Gasteiger partial charge in [0.15, 0.2) is 0 Å². The maximum Gasteiger partial charge on any atom is 0.271 e. The maximum absolute atomic E-state index is 11.9. The smallest absolute Gasteiger partial charge is 0.271 e. The molecule has 0 radical (unpaired) electrons. The maximum atomic E-state index is 11.9. The van der Waals surface area contributed by atoms with Crippen molar-refractivity contribution in [2.75, 3.05) is 0 Å². The minimum atomic E-state index is -4.32. The monoisotopic (exact) mass is 340 g/mol. The molecule has 0 aliphatic rings. The molecule has 0 heterocycles. The highest BCUT2D eigenvalue weighted by atomic mass is 35.7. The van der Waals surface area contributed by atoms with E-state index >= 15 is 0 Å². The largest absolute Gasteiger partial charge is 0.350 e. The SMILES string of the molecule is CC(C)NC(=O)c1cc([N+](=O)[O-])cc(S(=O)(=O)Cl)c1Cl. The van der Waals surface area contributed by atoms with Gasteiger partial charge in [0.25, 0.3) is 20.6 Å². The summed E-state index contributed by atoms with van der Waals surface area (Å²) in [5, 5.41) is 12.8. The van der Waals surface area contributed by atoms with Crippen LogP contribution < -0.4 is 5.32 Å². The first-order valence-corrected chi connectivity index (χ1v) is 7.96. The summed E-state index contributed by atoms with van der Waals surface area (Å²) in [4.78, 5) is 21.1. The second kappa shape index (κ2) is 5.94. The van der Waals surface area contributed by atoms with Gasteiger partial charge < -0.3 is 5.32 Å². The van der Waals surface area contributed by atoms with Crippen LogP contribution in [-0.2, 0) is 9.05 Å². The molecule has 1 aromatic carbocycles. The zero-order valence-electron chi connectivity index (χ0n) is 10.4. The summed E-state index contributed by atoms with van der Waals surface area (Å²) in [6.07, 6.45) is 0. The zero-order valence-corrected chi connectivity index (χ0v) is 12.7. The van der Waals surface area contributed by atoms with Gasteiger partial charge in [-0.2, -0.15) is 0 Å². The first-order chi connectivity index (χ1) is 9.04. The number of amides is 1. The zero-order chi connectivity index (χ0) is 15.7. The van der Waals surface area contributed by atoms with E-state index in [0.29, 0.717) is 6.07 Å². The van der Waals surface area contributed by atoms with Crippen LogP contribution in [0, 0.1) is 10.1 Å². The number of carbonyl (C=O) groups excluding carboxylic acids is 1. The normalized spacial score (nSPS) is 11.4. The summed E-state index contributed by atoms with van der Waals surface area (Å²) in [6.45, 7) is 3.34.